The number of ether oxygens (including phenoxy) is 2. The molecule has 1 saturated carbocycles. The molecular formula is C33H36N2O6. The monoisotopic (exact) mass is 556 g/mol. The first kappa shape index (κ1) is 28.4. The lowest BCUT2D eigenvalue weighted by atomic mass is 9.85. The molecule has 3 aromatic rings. The van der Waals surface area contributed by atoms with Gasteiger partial charge in [-0.3, -0.25) is 9.59 Å². The largest absolute Gasteiger partial charge is 0.481 e. The van der Waals surface area contributed by atoms with Crippen LogP contribution in [0.4, 0.5) is 4.79 Å². The van der Waals surface area contributed by atoms with Gasteiger partial charge >= 0.3 is 12.1 Å². The molecule has 0 bridgehead atoms. The Balaban J connectivity index is 1.26. The van der Waals surface area contributed by atoms with Crippen molar-refractivity contribution in [3.05, 3.63) is 95.6 Å². The molecule has 0 radical (unpaired) electrons. The van der Waals surface area contributed by atoms with E-state index < -0.39 is 36.0 Å². The van der Waals surface area contributed by atoms with Crippen LogP contribution in [-0.2, 0) is 25.7 Å². The molecule has 2 aliphatic rings. The highest BCUT2D eigenvalue weighted by atomic mass is 16.5. The molecule has 0 aromatic heterocycles. The second-order valence-electron chi connectivity index (χ2n) is 10.9. The van der Waals surface area contributed by atoms with Gasteiger partial charge in [0.25, 0.3) is 0 Å². The Kier molecular flexibility index (Phi) is 8.99. The summed E-state index contributed by atoms with van der Waals surface area (Å²) in [6.07, 6.45) is 0.972. The van der Waals surface area contributed by atoms with Gasteiger partial charge in [0.05, 0.1) is 18.6 Å². The van der Waals surface area contributed by atoms with E-state index in [4.69, 9.17) is 9.47 Å². The lowest BCUT2D eigenvalue weighted by Gasteiger charge is -2.30. The maximum Gasteiger partial charge on any atom is 0.407 e. The third-order valence-electron chi connectivity index (χ3n) is 8.09. The molecule has 0 spiro atoms. The second kappa shape index (κ2) is 13.0. The van der Waals surface area contributed by atoms with E-state index in [9.17, 15) is 19.5 Å². The Labute approximate surface area is 240 Å². The number of benzene rings is 3. The summed E-state index contributed by atoms with van der Waals surface area (Å²) in [7, 11) is 0. The number of aliphatic carboxylic acids is 1. The number of fused-ring (bicyclic) bond motifs is 3. The third-order valence-corrected chi connectivity index (χ3v) is 8.09. The van der Waals surface area contributed by atoms with Gasteiger partial charge in [-0.1, -0.05) is 85.3 Å². The molecule has 41 heavy (non-hydrogen) atoms. The number of nitrogens with one attached hydrogen (secondary N) is 2. The smallest absolute Gasteiger partial charge is 0.407 e. The molecule has 8 heteroatoms. The number of amides is 2. The molecule has 0 heterocycles. The Bertz CT molecular complexity index is 1330. The summed E-state index contributed by atoms with van der Waals surface area (Å²) in [5.41, 5.74) is 5.39. The number of carbonyl (C=O) groups excluding carboxylic acids is 2. The highest BCUT2D eigenvalue weighted by Crippen LogP contribution is 2.44. The maximum atomic E-state index is 13.5. The average molecular weight is 557 g/mol. The predicted molar refractivity (Wildman–Crippen MR) is 154 cm³/mol. The van der Waals surface area contributed by atoms with Crippen LogP contribution in [0.5, 0.6) is 0 Å². The van der Waals surface area contributed by atoms with Crippen LogP contribution in [0.2, 0.25) is 0 Å². The number of carbonyl (C=O) groups is 3. The number of carboxylic acids is 1. The standard InChI is InChI=1S/C33H36N2O6/c1-21(40-19-22-10-3-2-4-11-22)30(31(36)34-24-13-9-12-23(18-24)32(37)38)35-33(39)41-20-29-27-16-7-5-14-25(27)26-15-6-8-17-28(26)29/h2-8,10-11,14-17,21,23-24,29-30H,9,12-13,18-20H2,1H3,(H,34,36)(H,35,39)(H,37,38)/t21-,23?,24?,30+/m0/s1. The molecule has 1 fully saturated rings. The van der Waals surface area contributed by atoms with Gasteiger partial charge in [0.2, 0.25) is 5.91 Å². The van der Waals surface area contributed by atoms with E-state index in [0.29, 0.717) is 25.7 Å². The zero-order valence-corrected chi connectivity index (χ0v) is 23.1. The minimum atomic E-state index is -1.03. The lowest BCUT2D eigenvalue weighted by molar-refractivity contribution is -0.143. The van der Waals surface area contributed by atoms with Crippen molar-refractivity contribution in [1.29, 1.82) is 0 Å². The fourth-order valence-corrected chi connectivity index (χ4v) is 5.90. The van der Waals surface area contributed by atoms with Crippen molar-refractivity contribution in [2.45, 2.75) is 63.3 Å². The molecular weight excluding hydrogens is 520 g/mol. The molecule has 8 nitrogen and oxygen atoms in total. The van der Waals surface area contributed by atoms with Crippen molar-refractivity contribution in [3.63, 3.8) is 0 Å². The molecule has 3 N–H and O–H groups in total. The molecule has 2 unspecified atom stereocenters. The average Bonchev–Trinajstić information content (AvgIpc) is 3.31. The van der Waals surface area contributed by atoms with Gasteiger partial charge in [-0.15, -0.1) is 0 Å². The maximum absolute atomic E-state index is 13.5. The van der Waals surface area contributed by atoms with Crippen LogP contribution in [-0.4, -0.2) is 47.9 Å². The summed E-state index contributed by atoms with van der Waals surface area (Å²) < 4.78 is 11.7. The van der Waals surface area contributed by atoms with E-state index in [-0.39, 0.29) is 25.2 Å². The first-order chi connectivity index (χ1) is 19.9. The van der Waals surface area contributed by atoms with Gasteiger partial charge in [-0.25, -0.2) is 4.79 Å². The zero-order chi connectivity index (χ0) is 28.8. The normalized spacial score (nSPS) is 19.3. The Hall–Kier alpha value is -4.17. The number of rotatable bonds is 10. The van der Waals surface area contributed by atoms with Gasteiger partial charge in [0.15, 0.2) is 0 Å². The van der Waals surface area contributed by atoms with E-state index in [0.717, 1.165) is 27.8 Å². The van der Waals surface area contributed by atoms with Crippen LogP contribution in [0.15, 0.2) is 78.9 Å². The zero-order valence-electron chi connectivity index (χ0n) is 23.1. The van der Waals surface area contributed by atoms with E-state index in [1.165, 1.54) is 0 Å². The van der Waals surface area contributed by atoms with E-state index in [1.807, 2.05) is 66.7 Å². The van der Waals surface area contributed by atoms with E-state index in [1.54, 1.807) is 6.92 Å². The van der Waals surface area contributed by atoms with Gasteiger partial charge in [-0.2, -0.15) is 0 Å². The number of hydrogen-bond acceptors (Lipinski definition) is 5. The van der Waals surface area contributed by atoms with Crippen molar-refractivity contribution in [2.75, 3.05) is 6.61 Å². The predicted octanol–water partition coefficient (Wildman–Crippen LogP) is 5.26. The summed E-state index contributed by atoms with van der Waals surface area (Å²) in [6.45, 7) is 2.12. The van der Waals surface area contributed by atoms with Crippen LogP contribution in [0.3, 0.4) is 0 Å². The molecule has 3 aromatic carbocycles. The summed E-state index contributed by atoms with van der Waals surface area (Å²) in [5.74, 6) is -1.87. The van der Waals surface area contributed by atoms with Gasteiger partial charge in [0.1, 0.15) is 12.6 Å². The third kappa shape index (κ3) is 6.77. The minimum absolute atomic E-state index is 0.109. The quantitative estimate of drug-likeness (QED) is 0.314. The lowest BCUT2D eigenvalue weighted by Crippen LogP contribution is -2.55. The van der Waals surface area contributed by atoms with Crippen LogP contribution in [0, 0.1) is 5.92 Å². The molecule has 4 atom stereocenters. The van der Waals surface area contributed by atoms with Crippen molar-refractivity contribution in [2.24, 2.45) is 5.92 Å². The first-order valence-electron chi connectivity index (χ1n) is 14.2. The topological polar surface area (TPSA) is 114 Å². The highest BCUT2D eigenvalue weighted by molar-refractivity contribution is 5.86. The number of hydrogen-bond donors (Lipinski definition) is 3. The Morgan fingerprint density at radius 2 is 1.54 bits per heavy atom. The van der Waals surface area contributed by atoms with Crippen LogP contribution >= 0.6 is 0 Å². The second-order valence-corrected chi connectivity index (χ2v) is 10.9. The van der Waals surface area contributed by atoms with Crippen LogP contribution in [0.1, 0.15) is 55.2 Å². The fraction of sp³-hybridized carbons (Fsp3) is 0.364. The van der Waals surface area contributed by atoms with Crippen molar-refractivity contribution in [1.82, 2.24) is 10.6 Å². The highest BCUT2D eigenvalue weighted by Gasteiger charge is 2.34. The van der Waals surface area contributed by atoms with E-state index in [2.05, 4.69) is 22.8 Å². The van der Waals surface area contributed by atoms with E-state index >= 15 is 0 Å². The number of carboxylic acid groups (broad SMARTS) is 1. The first-order valence-corrected chi connectivity index (χ1v) is 14.2. The minimum Gasteiger partial charge on any atom is -0.481 e. The molecule has 2 aliphatic carbocycles. The van der Waals surface area contributed by atoms with Crippen molar-refractivity contribution < 1.29 is 29.0 Å². The van der Waals surface area contributed by atoms with Gasteiger partial charge in [0, 0.05) is 12.0 Å². The van der Waals surface area contributed by atoms with Crippen molar-refractivity contribution >= 4 is 18.0 Å². The molecule has 5 rings (SSSR count). The van der Waals surface area contributed by atoms with Crippen LogP contribution in [0.25, 0.3) is 11.1 Å². The van der Waals surface area contributed by atoms with Gasteiger partial charge in [-0.05, 0) is 54.0 Å². The van der Waals surface area contributed by atoms with Gasteiger partial charge < -0.3 is 25.2 Å². The Morgan fingerprint density at radius 1 is 0.902 bits per heavy atom. The molecule has 214 valence electrons. The summed E-state index contributed by atoms with van der Waals surface area (Å²) >= 11 is 0. The SMILES string of the molecule is C[C@H](OCc1ccccc1)[C@@H](NC(=O)OCC1c2ccccc2-c2ccccc21)C(=O)NC1CCCC(C(=O)O)C1. The molecule has 2 amide bonds. The summed E-state index contributed by atoms with van der Waals surface area (Å²) in [5, 5.41) is 15.1. The molecule has 0 aliphatic heterocycles. The van der Waals surface area contributed by atoms with Crippen molar-refractivity contribution in [3.8, 4) is 11.1 Å². The Morgan fingerprint density at radius 3 is 2.20 bits per heavy atom. The fourth-order valence-electron chi connectivity index (χ4n) is 5.90. The molecule has 0 saturated heterocycles. The van der Waals surface area contributed by atoms with Crippen LogP contribution < -0.4 is 10.6 Å². The summed E-state index contributed by atoms with van der Waals surface area (Å²) in [4.78, 5) is 38.1. The summed E-state index contributed by atoms with van der Waals surface area (Å²) in [6, 6.07) is 24.4. The number of alkyl carbamates (subject to hydrolysis) is 1.